The summed E-state index contributed by atoms with van der Waals surface area (Å²) in [5.74, 6) is 1.94. The van der Waals surface area contributed by atoms with Crippen LogP contribution in [0.15, 0.2) is 42.5 Å². The van der Waals surface area contributed by atoms with Crippen LogP contribution in [0.2, 0.25) is 0 Å². The molecular formula is C23H27N3O2. The molecule has 5 heteroatoms. The van der Waals surface area contributed by atoms with Crippen LogP contribution < -0.4 is 10.1 Å². The molecule has 0 saturated heterocycles. The third-order valence-corrected chi connectivity index (χ3v) is 5.26. The molecule has 1 amide bonds. The Morgan fingerprint density at radius 2 is 2.04 bits per heavy atom. The van der Waals surface area contributed by atoms with Crippen LogP contribution in [-0.4, -0.2) is 22.1 Å². The van der Waals surface area contributed by atoms with E-state index in [0.29, 0.717) is 12.1 Å². The highest BCUT2D eigenvalue weighted by molar-refractivity contribution is 5.97. The molecule has 1 aliphatic rings. The summed E-state index contributed by atoms with van der Waals surface area (Å²) in [5, 5.41) is 3.00. The van der Waals surface area contributed by atoms with Crippen molar-refractivity contribution in [2.24, 2.45) is 0 Å². The number of amides is 1. The van der Waals surface area contributed by atoms with Crippen LogP contribution >= 0.6 is 0 Å². The lowest BCUT2D eigenvalue weighted by Crippen LogP contribution is -2.22. The highest BCUT2D eigenvalue weighted by Gasteiger charge is 2.16. The number of fused-ring (bicyclic) bond motifs is 3. The zero-order valence-electron chi connectivity index (χ0n) is 16.4. The van der Waals surface area contributed by atoms with E-state index in [1.54, 1.807) is 0 Å². The van der Waals surface area contributed by atoms with Gasteiger partial charge in [-0.3, -0.25) is 4.79 Å². The van der Waals surface area contributed by atoms with E-state index in [4.69, 9.17) is 9.72 Å². The molecule has 5 nitrogen and oxygen atoms in total. The van der Waals surface area contributed by atoms with Crippen LogP contribution in [0.3, 0.4) is 0 Å². The highest BCUT2D eigenvalue weighted by Crippen LogP contribution is 2.23. The summed E-state index contributed by atoms with van der Waals surface area (Å²) in [5.41, 5.74) is 3.75. The van der Waals surface area contributed by atoms with Crippen LogP contribution in [0.1, 0.15) is 54.4 Å². The molecule has 0 bridgehead atoms. The first-order valence-electron chi connectivity index (χ1n) is 10.2. The molecule has 0 fully saturated rings. The standard InChI is InChI=1S/C23H27N3O2/c1-2-3-14-28-19-10-7-17(8-11-19)16-24-23(27)18-9-12-21-20(15-18)25-22-6-4-5-13-26(21)22/h7-12,15H,2-6,13-14,16H2,1H3,(H,24,27). The van der Waals surface area contributed by atoms with E-state index in [0.717, 1.165) is 60.6 Å². The van der Waals surface area contributed by atoms with Crippen LogP contribution in [0, 0.1) is 0 Å². The van der Waals surface area contributed by atoms with Crippen LogP contribution in [0.4, 0.5) is 0 Å². The minimum Gasteiger partial charge on any atom is -0.494 e. The minimum absolute atomic E-state index is 0.0730. The topological polar surface area (TPSA) is 56.1 Å². The van der Waals surface area contributed by atoms with Crippen molar-refractivity contribution in [2.45, 2.75) is 52.1 Å². The lowest BCUT2D eigenvalue weighted by atomic mass is 10.1. The van der Waals surface area contributed by atoms with Gasteiger partial charge in [0.2, 0.25) is 0 Å². The zero-order chi connectivity index (χ0) is 19.3. The normalized spacial score (nSPS) is 13.3. The number of hydrogen-bond donors (Lipinski definition) is 1. The van der Waals surface area contributed by atoms with E-state index in [-0.39, 0.29) is 5.91 Å². The minimum atomic E-state index is -0.0730. The Labute approximate surface area is 165 Å². The second kappa shape index (κ2) is 8.46. The summed E-state index contributed by atoms with van der Waals surface area (Å²) >= 11 is 0. The first-order chi connectivity index (χ1) is 13.7. The van der Waals surface area contributed by atoms with Crippen molar-refractivity contribution >= 4 is 16.9 Å². The lowest BCUT2D eigenvalue weighted by molar-refractivity contribution is 0.0951. The number of nitrogens with one attached hydrogen (secondary N) is 1. The van der Waals surface area contributed by atoms with Gasteiger partial charge in [-0.1, -0.05) is 25.5 Å². The van der Waals surface area contributed by atoms with Gasteiger partial charge in [0, 0.05) is 25.1 Å². The molecule has 146 valence electrons. The molecule has 0 unspecified atom stereocenters. The van der Waals surface area contributed by atoms with E-state index in [2.05, 4.69) is 16.8 Å². The fraction of sp³-hybridized carbons (Fsp3) is 0.391. The fourth-order valence-electron chi connectivity index (χ4n) is 3.64. The number of hydrogen-bond acceptors (Lipinski definition) is 3. The number of carbonyl (C=O) groups excluding carboxylic acids is 1. The first kappa shape index (κ1) is 18.5. The van der Waals surface area contributed by atoms with E-state index in [9.17, 15) is 4.79 Å². The maximum atomic E-state index is 12.6. The predicted octanol–water partition coefficient (Wildman–Crippen LogP) is 4.48. The number of aromatic nitrogens is 2. The Bertz CT molecular complexity index is 960. The van der Waals surface area contributed by atoms with E-state index < -0.39 is 0 Å². The van der Waals surface area contributed by atoms with Gasteiger partial charge in [-0.25, -0.2) is 4.98 Å². The predicted molar refractivity (Wildman–Crippen MR) is 111 cm³/mol. The van der Waals surface area contributed by atoms with Crippen molar-refractivity contribution in [2.75, 3.05) is 6.61 Å². The summed E-state index contributed by atoms with van der Waals surface area (Å²) in [6.45, 7) is 4.40. The number of nitrogens with zero attached hydrogens (tertiary/aromatic N) is 2. The van der Waals surface area contributed by atoms with Gasteiger partial charge in [-0.05, 0) is 55.2 Å². The third kappa shape index (κ3) is 4.03. The maximum absolute atomic E-state index is 12.6. The van der Waals surface area contributed by atoms with Gasteiger partial charge in [0.15, 0.2) is 0 Å². The molecule has 3 aromatic rings. The summed E-state index contributed by atoms with van der Waals surface area (Å²) in [6.07, 6.45) is 5.59. The van der Waals surface area contributed by atoms with Crippen LogP contribution in [-0.2, 0) is 19.5 Å². The average Bonchev–Trinajstić information content (AvgIpc) is 3.11. The van der Waals surface area contributed by atoms with Gasteiger partial charge in [-0.2, -0.15) is 0 Å². The highest BCUT2D eigenvalue weighted by atomic mass is 16.5. The molecule has 0 aliphatic carbocycles. The zero-order valence-corrected chi connectivity index (χ0v) is 16.4. The third-order valence-electron chi connectivity index (χ3n) is 5.26. The van der Waals surface area contributed by atoms with E-state index in [1.165, 1.54) is 12.8 Å². The molecule has 0 spiro atoms. The van der Waals surface area contributed by atoms with Gasteiger partial charge in [0.1, 0.15) is 11.6 Å². The largest absolute Gasteiger partial charge is 0.494 e. The van der Waals surface area contributed by atoms with Gasteiger partial charge >= 0.3 is 0 Å². The number of ether oxygens (including phenoxy) is 1. The average molecular weight is 377 g/mol. The number of carbonyl (C=O) groups is 1. The van der Waals surface area contributed by atoms with Gasteiger partial charge < -0.3 is 14.6 Å². The van der Waals surface area contributed by atoms with Crippen LogP contribution in [0.25, 0.3) is 11.0 Å². The monoisotopic (exact) mass is 377 g/mol. The summed E-state index contributed by atoms with van der Waals surface area (Å²) in [7, 11) is 0. The van der Waals surface area contributed by atoms with Crippen molar-refractivity contribution in [3.05, 3.63) is 59.4 Å². The molecule has 2 aromatic carbocycles. The SMILES string of the molecule is CCCCOc1ccc(CNC(=O)c2ccc3c(c2)nc2n3CCCC2)cc1. The van der Waals surface area contributed by atoms with Crippen molar-refractivity contribution in [1.82, 2.24) is 14.9 Å². The molecular weight excluding hydrogens is 350 g/mol. The second-order valence-electron chi connectivity index (χ2n) is 7.37. The van der Waals surface area contributed by atoms with Gasteiger partial charge in [0.05, 0.1) is 17.6 Å². The van der Waals surface area contributed by atoms with Crippen molar-refractivity contribution in [3.8, 4) is 5.75 Å². The van der Waals surface area contributed by atoms with E-state index >= 15 is 0 Å². The number of imidazole rings is 1. The number of benzene rings is 2. The molecule has 4 rings (SSSR count). The summed E-state index contributed by atoms with van der Waals surface area (Å²) < 4.78 is 7.96. The Morgan fingerprint density at radius 1 is 1.18 bits per heavy atom. The Balaban J connectivity index is 1.38. The molecule has 0 atom stereocenters. The molecule has 0 radical (unpaired) electrons. The Morgan fingerprint density at radius 3 is 2.86 bits per heavy atom. The Kier molecular flexibility index (Phi) is 5.60. The molecule has 1 aliphatic heterocycles. The van der Waals surface area contributed by atoms with Crippen molar-refractivity contribution < 1.29 is 9.53 Å². The van der Waals surface area contributed by atoms with Crippen molar-refractivity contribution in [1.29, 1.82) is 0 Å². The fourth-order valence-corrected chi connectivity index (χ4v) is 3.64. The van der Waals surface area contributed by atoms with Crippen molar-refractivity contribution in [3.63, 3.8) is 0 Å². The van der Waals surface area contributed by atoms with Crippen LogP contribution in [0.5, 0.6) is 5.75 Å². The molecule has 1 N–H and O–H groups in total. The smallest absolute Gasteiger partial charge is 0.251 e. The van der Waals surface area contributed by atoms with Gasteiger partial charge in [0.25, 0.3) is 5.91 Å². The molecule has 2 heterocycles. The molecule has 0 saturated carbocycles. The summed E-state index contributed by atoms with van der Waals surface area (Å²) in [6, 6.07) is 13.7. The summed E-state index contributed by atoms with van der Waals surface area (Å²) in [4.78, 5) is 17.3. The maximum Gasteiger partial charge on any atom is 0.251 e. The number of rotatable bonds is 7. The number of unbranched alkanes of at least 4 members (excludes halogenated alkanes) is 1. The van der Waals surface area contributed by atoms with Gasteiger partial charge in [-0.15, -0.1) is 0 Å². The Hall–Kier alpha value is -2.82. The quantitative estimate of drug-likeness (QED) is 0.618. The molecule has 1 aromatic heterocycles. The molecule has 28 heavy (non-hydrogen) atoms. The lowest BCUT2D eigenvalue weighted by Gasteiger charge is -2.13. The number of aryl methyl sites for hydroxylation is 2. The second-order valence-corrected chi connectivity index (χ2v) is 7.37. The first-order valence-corrected chi connectivity index (χ1v) is 10.2. The van der Waals surface area contributed by atoms with E-state index in [1.807, 2.05) is 42.5 Å².